The van der Waals surface area contributed by atoms with Gasteiger partial charge in [-0.3, -0.25) is 4.98 Å². The average molecular weight is 422 g/mol. The quantitative estimate of drug-likeness (QED) is 0.739. The van der Waals surface area contributed by atoms with Gasteiger partial charge in [0.15, 0.2) is 0 Å². The number of aromatic nitrogens is 1. The van der Waals surface area contributed by atoms with Gasteiger partial charge in [-0.2, -0.15) is 0 Å². The second-order valence-electron chi connectivity index (χ2n) is 3.33. The lowest BCUT2D eigenvalue weighted by atomic mass is 10.3. The van der Waals surface area contributed by atoms with Crippen LogP contribution in [0, 0.1) is 0 Å². The van der Waals surface area contributed by atoms with E-state index < -0.39 is 0 Å². The van der Waals surface area contributed by atoms with Gasteiger partial charge in [-0.05, 0) is 50.1 Å². The molecule has 17 heavy (non-hydrogen) atoms. The second kappa shape index (κ2) is 5.37. The summed E-state index contributed by atoms with van der Waals surface area (Å²) < 4.78 is 2.79. The first kappa shape index (κ1) is 12.9. The van der Waals surface area contributed by atoms with Gasteiger partial charge in [0.1, 0.15) is 0 Å². The van der Waals surface area contributed by atoms with Crippen molar-refractivity contribution in [2.75, 3.05) is 11.1 Å². The lowest BCUT2D eigenvalue weighted by molar-refractivity contribution is 1.31. The Morgan fingerprint density at radius 3 is 2.47 bits per heavy atom. The predicted octanol–water partition coefficient (Wildman–Crippen LogP) is 4.69. The molecule has 2 aromatic rings. The van der Waals surface area contributed by atoms with Crippen molar-refractivity contribution in [3.63, 3.8) is 0 Å². The summed E-state index contributed by atoms with van der Waals surface area (Å²) in [6, 6.07) is 5.88. The van der Waals surface area contributed by atoms with Gasteiger partial charge >= 0.3 is 0 Å². The van der Waals surface area contributed by atoms with Crippen LogP contribution in [0.2, 0.25) is 0 Å². The Morgan fingerprint density at radius 1 is 1.06 bits per heavy atom. The standard InChI is InChI=1S/C11H8Br3N3/c12-6-1-2-10(7(13)3-6)17-11-8(14)4-16-5-9(11)15/h1-5H,15H2,(H,16,17). The van der Waals surface area contributed by atoms with E-state index in [4.69, 9.17) is 5.73 Å². The van der Waals surface area contributed by atoms with Gasteiger partial charge in [-0.1, -0.05) is 15.9 Å². The number of nitrogens with two attached hydrogens (primary N) is 1. The molecule has 0 radical (unpaired) electrons. The molecule has 0 bridgehead atoms. The molecule has 88 valence electrons. The van der Waals surface area contributed by atoms with E-state index in [-0.39, 0.29) is 0 Å². The third-order valence-electron chi connectivity index (χ3n) is 2.12. The maximum Gasteiger partial charge on any atom is 0.0794 e. The Morgan fingerprint density at radius 2 is 1.82 bits per heavy atom. The largest absolute Gasteiger partial charge is 0.396 e. The van der Waals surface area contributed by atoms with Gasteiger partial charge in [0, 0.05) is 15.1 Å². The fourth-order valence-corrected chi connectivity index (χ4v) is 2.90. The maximum absolute atomic E-state index is 5.87. The number of hydrogen-bond donors (Lipinski definition) is 2. The third-order valence-corrected chi connectivity index (χ3v) is 3.87. The van der Waals surface area contributed by atoms with Crippen molar-refractivity contribution in [1.29, 1.82) is 0 Å². The zero-order valence-corrected chi connectivity index (χ0v) is 13.3. The molecule has 0 spiro atoms. The number of anilines is 3. The summed E-state index contributed by atoms with van der Waals surface area (Å²) in [6.45, 7) is 0. The number of nitrogens with one attached hydrogen (secondary N) is 1. The second-order valence-corrected chi connectivity index (χ2v) is 5.96. The molecule has 1 aromatic heterocycles. The molecule has 0 fully saturated rings. The van der Waals surface area contributed by atoms with Crippen LogP contribution < -0.4 is 11.1 Å². The van der Waals surface area contributed by atoms with Crippen LogP contribution in [-0.2, 0) is 0 Å². The highest BCUT2D eigenvalue weighted by Crippen LogP contribution is 2.34. The first-order valence-electron chi connectivity index (χ1n) is 4.69. The Kier molecular flexibility index (Phi) is 4.06. The van der Waals surface area contributed by atoms with Crippen LogP contribution in [0.3, 0.4) is 0 Å². The zero-order valence-electron chi connectivity index (χ0n) is 8.55. The van der Waals surface area contributed by atoms with E-state index in [1.54, 1.807) is 12.4 Å². The lowest BCUT2D eigenvalue weighted by Gasteiger charge is -2.12. The molecule has 0 aliphatic carbocycles. The van der Waals surface area contributed by atoms with E-state index in [9.17, 15) is 0 Å². The van der Waals surface area contributed by atoms with E-state index >= 15 is 0 Å². The van der Waals surface area contributed by atoms with Gasteiger partial charge in [0.2, 0.25) is 0 Å². The highest BCUT2D eigenvalue weighted by atomic mass is 79.9. The number of nitrogen functional groups attached to an aromatic ring is 1. The Balaban J connectivity index is 2.38. The molecule has 3 nitrogen and oxygen atoms in total. The average Bonchev–Trinajstić information content (AvgIpc) is 2.26. The molecular weight excluding hydrogens is 414 g/mol. The van der Waals surface area contributed by atoms with E-state index in [0.29, 0.717) is 5.69 Å². The fraction of sp³-hybridized carbons (Fsp3) is 0. The van der Waals surface area contributed by atoms with Gasteiger partial charge in [0.05, 0.1) is 27.7 Å². The highest BCUT2D eigenvalue weighted by molar-refractivity contribution is 9.11. The molecule has 0 atom stereocenters. The minimum Gasteiger partial charge on any atom is -0.396 e. The summed E-state index contributed by atoms with van der Waals surface area (Å²) >= 11 is 10.3. The molecule has 2 rings (SSSR count). The van der Waals surface area contributed by atoms with Crippen LogP contribution in [0.15, 0.2) is 44.0 Å². The first-order valence-corrected chi connectivity index (χ1v) is 7.07. The number of benzene rings is 1. The molecule has 0 aliphatic heterocycles. The van der Waals surface area contributed by atoms with Crippen molar-refractivity contribution >= 4 is 64.9 Å². The SMILES string of the molecule is Nc1cncc(Br)c1Nc1ccc(Br)cc1Br. The van der Waals surface area contributed by atoms with Crippen molar-refractivity contribution in [2.45, 2.75) is 0 Å². The smallest absolute Gasteiger partial charge is 0.0794 e. The van der Waals surface area contributed by atoms with Crippen LogP contribution in [0.4, 0.5) is 17.1 Å². The van der Waals surface area contributed by atoms with E-state index in [2.05, 4.69) is 58.1 Å². The Hall–Kier alpha value is -0.590. The minimum atomic E-state index is 0.592. The van der Waals surface area contributed by atoms with E-state index in [1.807, 2.05) is 18.2 Å². The third kappa shape index (κ3) is 3.00. The van der Waals surface area contributed by atoms with Crippen LogP contribution in [0.25, 0.3) is 0 Å². The summed E-state index contributed by atoms with van der Waals surface area (Å²) in [5, 5.41) is 3.26. The van der Waals surface area contributed by atoms with Crippen molar-refractivity contribution in [3.8, 4) is 0 Å². The molecule has 0 saturated carbocycles. The van der Waals surface area contributed by atoms with Crippen LogP contribution in [0.5, 0.6) is 0 Å². The normalized spacial score (nSPS) is 10.3. The maximum atomic E-state index is 5.87. The summed E-state index contributed by atoms with van der Waals surface area (Å²) in [7, 11) is 0. The Labute approximate surface area is 124 Å². The summed E-state index contributed by atoms with van der Waals surface area (Å²) in [5.74, 6) is 0. The predicted molar refractivity (Wildman–Crippen MR) is 81.5 cm³/mol. The number of hydrogen-bond acceptors (Lipinski definition) is 3. The van der Waals surface area contributed by atoms with Crippen LogP contribution >= 0.6 is 47.8 Å². The van der Waals surface area contributed by atoms with Gasteiger partial charge < -0.3 is 11.1 Å². The van der Waals surface area contributed by atoms with Gasteiger partial charge in [0.25, 0.3) is 0 Å². The molecular formula is C11H8Br3N3. The van der Waals surface area contributed by atoms with Gasteiger partial charge in [-0.15, -0.1) is 0 Å². The first-order chi connectivity index (χ1) is 8.08. The molecule has 0 aliphatic rings. The number of halogens is 3. The minimum absolute atomic E-state index is 0.592. The van der Waals surface area contributed by atoms with E-state index in [0.717, 1.165) is 24.8 Å². The molecule has 1 aromatic carbocycles. The van der Waals surface area contributed by atoms with Gasteiger partial charge in [-0.25, -0.2) is 0 Å². The van der Waals surface area contributed by atoms with Crippen LogP contribution in [0.1, 0.15) is 0 Å². The molecule has 6 heteroatoms. The van der Waals surface area contributed by atoms with E-state index in [1.165, 1.54) is 0 Å². The summed E-state index contributed by atoms with van der Waals surface area (Å²) in [4.78, 5) is 3.99. The topological polar surface area (TPSA) is 50.9 Å². The fourth-order valence-electron chi connectivity index (χ4n) is 1.31. The molecule has 0 saturated heterocycles. The number of pyridine rings is 1. The molecule has 3 N–H and O–H groups in total. The lowest BCUT2D eigenvalue weighted by Crippen LogP contribution is -1.98. The zero-order chi connectivity index (χ0) is 12.4. The van der Waals surface area contributed by atoms with Crippen LogP contribution in [-0.4, -0.2) is 4.98 Å². The molecule has 1 heterocycles. The van der Waals surface area contributed by atoms with Crippen molar-refractivity contribution in [2.24, 2.45) is 0 Å². The molecule has 0 unspecified atom stereocenters. The number of rotatable bonds is 2. The number of nitrogens with zero attached hydrogens (tertiary/aromatic N) is 1. The molecule has 0 amide bonds. The summed E-state index contributed by atoms with van der Waals surface area (Å²) in [6.07, 6.45) is 3.31. The Bertz CT molecular complexity index is 537. The van der Waals surface area contributed by atoms with Crippen molar-refractivity contribution < 1.29 is 0 Å². The van der Waals surface area contributed by atoms with Crippen molar-refractivity contribution in [3.05, 3.63) is 44.0 Å². The summed E-state index contributed by atoms with van der Waals surface area (Å²) in [5.41, 5.74) is 8.21. The highest BCUT2D eigenvalue weighted by Gasteiger charge is 2.07. The van der Waals surface area contributed by atoms with Crippen molar-refractivity contribution in [1.82, 2.24) is 4.98 Å². The monoisotopic (exact) mass is 419 g/mol.